The minimum atomic E-state index is -0.663. The van der Waals surface area contributed by atoms with Gasteiger partial charge in [0.05, 0.1) is 0 Å². The van der Waals surface area contributed by atoms with Crippen molar-refractivity contribution in [3.8, 4) is 0 Å². The summed E-state index contributed by atoms with van der Waals surface area (Å²) in [5, 5.41) is 11.5. The highest BCUT2D eigenvalue weighted by Gasteiger charge is 2.35. The molecule has 2 aliphatic rings. The van der Waals surface area contributed by atoms with Gasteiger partial charge in [-0.25, -0.2) is 0 Å². The van der Waals surface area contributed by atoms with Crippen LogP contribution in [0.3, 0.4) is 0 Å². The first kappa shape index (κ1) is 24.8. The van der Waals surface area contributed by atoms with Crippen molar-refractivity contribution in [3.63, 3.8) is 0 Å². The summed E-state index contributed by atoms with van der Waals surface area (Å²) in [7, 11) is 1.93. The zero-order valence-electron chi connectivity index (χ0n) is 20.6. The van der Waals surface area contributed by atoms with Gasteiger partial charge in [-0.05, 0) is 87.3 Å². The second-order valence-electron chi connectivity index (χ2n) is 10.00. The summed E-state index contributed by atoms with van der Waals surface area (Å²) in [4.78, 5) is 32.7. The Kier molecular flexibility index (Phi) is 7.60. The number of halogens is 1. The molecular formula is C28H34ClN5O2. The molecule has 0 saturated carbocycles. The predicted octanol–water partition coefficient (Wildman–Crippen LogP) is 3.27. The van der Waals surface area contributed by atoms with Gasteiger partial charge in [0.25, 0.3) is 0 Å². The highest BCUT2D eigenvalue weighted by Crippen LogP contribution is 2.33. The van der Waals surface area contributed by atoms with Crippen LogP contribution in [0.15, 0.2) is 48.7 Å². The molecule has 5 rings (SSSR count). The quantitative estimate of drug-likeness (QED) is 0.395. The van der Waals surface area contributed by atoms with Gasteiger partial charge < -0.3 is 25.8 Å². The fourth-order valence-electron chi connectivity index (χ4n) is 5.63. The number of anilines is 1. The number of fused-ring (bicyclic) bond motifs is 2. The molecular weight excluding hydrogens is 474 g/mol. The lowest BCUT2D eigenvalue weighted by atomic mass is 9.91. The molecule has 2 atom stereocenters. The van der Waals surface area contributed by atoms with Crippen molar-refractivity contribution in [1.29, 1.82) is 0 Å². The Hall–Kier alpha value is -2.87. The lowest BCUT2D eigenvalue weighted by Crippen LogP contribution is -2.54. The molecule has 3 aromatic rings. The molecule has 190 valence electrons. The molecule has 4 N–H and O–H groups in total. The molecule has 0 radical (unpaired) electrons. The summed E-state index contributed by atoms with van der Waals surface area (Å²) < 4.78 is 0. The van der Waals surface area contributed by atoms with E-state index in [4.69, 9.17) is 11.6 Å². The number of hydrogen-bond acceptors (Lipinski definition) is 4. The number of rotatable bonds is 7. The summed E-state index contributed by atoms with van der Waals surface area (Å²) >= 11 is 6.31. The monoisotopic (exact) mass is 507 g/mol. The molecule has 2 amide bonds. The Morgan fingerprint density at radius 3 is 2.78 bits per heavy atom. The van der Waals surface area contributed by atoms with Crippen LogP contribution in [0.5, 0.6) is 0 Å². The van der Waals surface area contributed by atoms with E-state index in [-0.39, 0.29) is 23.7 Å². The van der Waals surface area contributed by atoms with E-state index in [1.807, 2.05) is 54.5 Å². The van der Waals surface area contributed by atoms with E-state index >= 15 is 0 Å². The normalized spacial score (nSPS) is 19.2. The topological polar surface area (TPSA) is 89.3 Å². The summed E-state index contributed by atoms with van der Waals surface area (Å²) in [5.41, 5.74) is 4.00. The van der Waals surface area contributed by atoms with Crippen LogP contribution in [0.25, 0.3) is 10.9 Å². The van der Waals surface area contributed by atoms with Gasteiger partial charge in [-0.15, -0.1) is 0 Å². The number of hydrogen-bond donors (Lipinski definition) is 4. The lowest BCUT2D eigenvalue weighted by Gasteiger charge is -2.37. The van der Waals surface area contributed by atoms with Crippen molar-refractivity contribution in [2.45, 2.75) is 31.7 Å². The Balaban J connectivity index is 1.46. The molecule has 2 aliphatic heterocycles. The van der Waals surface area contributed by atoms with Gasteiger partial charge in [0.2, 0.25) is 11.8 Å². The van der Waals surface area contributed by atoms with Gasteiger partial charge in [-0.1, -0.05) is 29.8 Å². The van der Waals surface area contributed by atoms with Crippen LogP contribution < -0.4 is 20.9 Å². The van der Waals surface area contributed by atoms with E-state index in [2.05, 4.69) is 27.0 Å². The third-order valence-corrected chi connectivity index (χ3v) is 7.70. The van der Waals surface area contributed by atoms with Gasteiger partial charge in [0, 0.05) is 46.7 Å². The first-order valence-corrected chi connectivity index (χ1v) is 13.2. The third-order valence-electron chi connectivity index (χ3n) is 7.46. The third kappa shape index (κ3) is 5.28. The first-order chi connectivity index (χ1) is 17.5. The van der Waals surface area contributed by atoms with E-state index in [0.717, 1.165) is 66.6 Å². The molecule has 0 aliphatic carbocycles. The largest absolute Gasteiger partial charge is 0.361 e. The lowest BCUT2D eigenvalue weighted by molar-refractivity contribution is -0.130. The highest BCUT2D eigenvalue weighted by atomic mass is 35.5. The van der Waals surface area contributed by atoms with Crippen molar-refractivity contribution < 1.29 is 9.59 Å². The average Bonchev–Trinajstić information content (AvgIpc) is 3.30. The number of aromatic nitrogens is 1. The van der Waals surface area contributed by atoms with Gasteiger partial charge in [-0.2, -0.15) is 0 Å². The van der Waals surface area contributed by atoms with Crippen LogP contribution in [0.4, 0.5) is 5.69 Å². The van der Waals surface area contributed by atoms with Crippen LogP contribution in [0, 0.1) is 11.8 Å². The smallest absolute Gasteiger partial charge is 0.249 e. The van der Waals surface area contributed by atoms with E-state index in [0.29, 0.717) is 18.0 Å². The Morgan fingerprint density at radius 1 is 1.17 bits per heavy atom. The number of amides is 2. The van der Waals surface area contributed by atoms with Crippen LogP contribution in [-0.4, -0.2) is 56.1 Å². The van der Waals surface area contributed by atoms with Crippen molar-refractivity contribution >= 4 is 40.0 Å². The number of H-pyrrole nitrogens is 1. The molecule has 1 unspecified atom stereocenters. The van der Waals surface area contributed by atoms with Crippen LogP contribution in [-0.2, 0) is 22.4 Å². The van der Waals surface area contributed by atoms with Crippen molar-refractivity contribution in [1.82, 2.24) is 20.9 Å². The molecule has 1 fully saturated rings. The summed E-state index contributed by atoms with van der Waals surface area (Å²) in [6, 6.07) is 13.1. The standard InChI is InChI=1S/C28H34ClN5O2/c1-30-15-18-12-20-13-22(29)6-7-26(20)34(17-18)28(36)25(33-27(35)19-8-10-31-11-9-19)14-21-16-32-24-5-3-2-4-23(21)24/h2-7,13,16,18-19,25,30-32H,8-12,14-15,17H2,1H3,(H,33,35)/t18?,25-/m1/s1. The summed E-state index contributed by atoms with van der Waals surface area (Å²) in [6.45, 7) is 3.04. The minimum absolute atomic E-state index is 0.0326. The van der Waals surface area contributed by atoms with Crippen molar-refractivity contribution in [2.24, 2.45) is 11.8 Å². The maximum Gasteiger partial charge on any atom is 0.249 e. The summed E-state index contributed by atoms with van der Waals surface area (Å²) in [5.74, 6) is 0.0783. The van der Waals surface area contributed by atoms with Crippen molar-refractivity contribution in [3.05, 3.63) is 64.8 Å². The summed E-state index contributed by atoms with van der Waals surface area (Å²) in [6.07, 6.45) is 4.81. The van der Waals surface area contributed by atoms with E-state index < -0.39 is 6.04 Å². The number of para-hydroxylation sites is 1. The Morgan fingerprint density at radius 2 is 1.97 bits per heavy atom. The average molecular weight is 508 g/mol. The Bertz CT molecular complexity index is 1240. The molecule has 3 heterocycles. The number of nitrogens with one attached hydrogen (secondary N) is 4. The molecule has 2 aromatic carbocycles. The first-order valence-electron chi connectivity index (χ1n) is 12.8. The van der Waals surface area contributed by atoms with Gasteiger partial charge in [-0.3, -0.25) is 9.59 Å². The molecule has 0 bridgehead atoms. The second kappa shape index (κ2) is 11.0. The fraction of sp³-hybridized carbons (Fsp3) is 0.429. The van der Waals surface area contributed by atoms with Crippen LogP contribution in [0.2, 0.25) is 5.02 Å². The minimum Gasteiger partial charge on any atom is -0.361 e. The maximum atomic E-state index is 14.2. The van der Waals surface area contributed by atoms with Crippen molar-refractivity contribution in [2.75, 3.05) is 38.1 Å². The van der Waals surface area contributed by atoms with E-state index in [9.17, 15) is 9.59 Å². The molecule has 7 nitrogen and oxygen atoms in total. The van der Waals surface area contributed by atoms with Crippen LogP contribution in [0.1, 0.15) is 24.0 Å². The number of piperidine rings is 1. The van der Waals surface area contributed by atoms with Gasteiger partial charge in [0.1, 0.15) is 6.04 Å². The van der Waals surface area contributed by atoms with Crippen LogP contribution >= 0.6 is 11.6 Å². The SMILES string of the molecule is CNCC1Cc2cc(Cl)ccc2N(C(=O)[C@@H](Cc2c[nH]c3ccccc23)NC(=O)C2CCNCC2)C1. The number of carbonyl (C=O) groups excluding carboxylic acids is 2. The van der Waals surface area contributed by atoms with Gasteiger partial charge in [0.15, 0.2) is 0 Å². The number of carbonyl (C=O) groups is 2. The van der Waals surface area contributed by atoms with Gasteiger partial charge >= 0.3 is 0 Å². The molecule has 0 spiro atoms. The maximum absolute atomic E-state index is 14.2. The predicted molar refractivity (Wildman–Crippen MR) is 144 cm³/mol. The molecule has 1 aromatic heterocycles. The number of nitrogens with zero attached hydrogens (tertiary/aromatic N) is 1. The second-order valence-corrected chi connectivity index (χ2v) is 10.4. The number of benzene rings is 2. The molecule has 1 saturated heterocycles. The zero-order valence-corrected chi connectivity index (χ0v) is 21.4. The zero-order chi connectivity index (χ0) is 25.1. The van der Waals surface area contributed by atoms with E-state index in [1.165, 1.54) is 0 Å². The molecule has 8 heteroatoms. The molecule has 36 heavy (non-hydrogen) atoms. The fourth-order valence-corrected chi connectivity index (χ4v) is 5.82. The number of aromatic amines is 1. The Labute approximate surface area is 217 Å². The van der Waals surface area contributed by atoms with E-state index in [1.54, 1.807) is 0 Å². The highest BCUT2D eigenvalue weighted by molar-refractivity contribution is 6.30.